The fourth-order valence-electron chi connectivity index (χ4n) is 4.13. The van der Waals surface area contributed by atoms with Crippen LogP contribution in [0.25, 0.3) is 21.8 Å². The Hall–Kier alpha value is -3.73. The molecule has 4 aromatic rings. The first-order chi connectivity index (χ1) is 15.7. The van der Waals surface area contributed by atoms with Gasteiger partial charge in [0.1, 0.15) is 11.3 Å². The minimum atomic E-state index is -4.48. The fraction of sp³-hybridized carbons (Fsp3) is 0.273. The smallest absolute Gasteiger partial charge is 0.382 e. The molecule has 4 heterocycles. The number of alkyl halides is 3. The van der Waals surface area contributed by atoms with Crippen LogP contribution in [0.3, 0.4) is 0 Å². The lowest BCUT2D eigenvalue weighted by Crippen LogP contribution is -2.43. The van der Waals surface area contributed by atoms with Crippen LogP contribution < -0.4 is 5.73 Å². The average Bonchev–Trinajstić information content (AvgIpc) is 3.20. The lowest BCUT2D eigenvalue weighted by molar-refractivity contribution is -0.137. The van der Waals surface area contributed by atoms with E-state index >= 15 is 0 Å². The van der Waals surface area contributed by atoms with E-state index < -0.39 is 17.8 Å². The van der Waals surface area contributed by atoms with Gasteiger partial charge in [0, 0.05) is 36.1 Å². The Bertz CT molecular complexity index is 1370. The predicted octanol–water partition coefficient (Wildman–Crippen LogP) is 3.33. The summed E-state index contributed by atoms with van der Waals surface area (Å²) in [5.74, 6) is 0.0685. The van der Waals surface area contributed by atoms with Gasteiger partial charge in [-0.25, -0.2) is 4.98 Å². The number of amides is 1. The second-order valence-electron chi connectivity index (χ2n) is 7.82. The van der Waals surface area contributed by atoms with E-state index in [2.05, 4.69) is 15.1 Å². The van der Waals surface area contributed by atoms with Gasteiger partial charge in [-0.05, 0) is 30.3 Å². The molecule has 0 unspecified atom stereocenters. The number of aromatic nitrogens is 4. The maximum Gasteiger partial charge on any atom is 0.417 e. The van der Waals surface area contributed by atoms with Crippen LogP contribution in [0.4, 0.5) is 19.0 Å². The Morgan fingerprint density at radius 3 is 2.73 bits per heavy atom. The van der Waals surface area contributed by atoms with Crippen molar-refractivity contribution >= 4 is 33.5 Å². The molecule has 1 atom stereocenters. The third-order valence-corrected chi connectivity index (χ3v) is 5.80. The quantitative estimate of drug-likeness (QED) is 0.497. The van der Waals surface area contributed by atoms with Crippen molar-refractivity contribution in [3.8, 4) is 0 Å². The van der Waals surface area contributed by atoms with E-state index in [-0.39, 0.29) is 19.1 Å². The standard InChI is InChI=1S/C22H19F3N6O2/c1-30-19-15(10-28-30)14-8-12(2-4-16(14)29-20(19)26)21(32)31-6-7-33-11-18(31)17-5-3-13(9-27-17)22(23,24)25/h2-5,8-10,18H,6-7,11H2,1H3,(H2,26,29)/t18-/m0/s1. The summed E-state index contributed by atoms with van der Waals surface area (Å²) >= 11 is 0. The normalized spacial score (nSPS) is 17.1. The van der Waals surface area contributed by atoms with Gasteiger partial charge >= 0.3 is 6.18 Å². The summed E-state index contributed by atoms with van der Waals surface area (Å²) < 4.78 is 45.8. The van der Waals surface area contributed by atoms with Crippen LogP contribution in [0.1, 0.15) is 27.7 Å². The highest BCUT2D eigenvalue weighted by atomic mass is 19.4. The lowest BCUT2D eigenvalue weighted by atomic mass is 10.0. The first kappa shape index (κ1) is 21.1. The van der Waals surface area contributed by atoms with Crippen LogP contribution in [0, 0.1) is 0 Å². The van der Waals surface area contributed by atoms with Gasteiger partial charge in [0.2, 0.25) is 0 Å². The molecule has 2 N–H and O–H groups in total. The predicted molar refractivity (Wildman–Crippen MR) is 114 cm³/mol. The maximum atomic E-state index is 13.5. The Kier molecular flexibility index (Phi) is 4.93. The van der Waals surface area contributed by atoms with Crippen LogP contribution in [-0.2, 0) is 18.0 Å². The summed E-state index contributed by atoms with van der Waals surface area (Å²) in [6.07, 6.45) is -2.03. The largest absolute Gasteiger partial charge is 0.417 e. The number of carbonyl (C=O) groups excluding carboxylic acids is 1. The number of anilines is 1. The number of benzene rings is 1. The van der Waals surface area contributed by atoms with Crippen molar-refractivity contribution in [2.45, 2.75) is 12.2 Å². The number of carbonyl (C=O) groups is 1. The highest BCUT2D eigenvalue weighted by Crippen LogP contribution is 2.32. The summed E-state index contributed by atoms with van der Waals surface area (Å²) in [4.78, 5) is 23.4. The number of nitrogens with zero attached hydrogens (tertiary/aromatic N) is 5. The van der Waals surface area contributed by atoms with E-state index in [4.69, 9.17) is 10.5 Å². The number of pyridine rings is 2. The van der Waals surface area contributed by atoms with E-state index in [9.17, 15) is 18.0 Å². The van der Waals surface area contributed by atoms with E-state index in [0.29, 0.717) is 34.7 Å². The fourth-order valence-corrected chi connectivity index (χ4v) is 4.13. The number of hydrogen-bond acceptors (Lipinski definition) is 6. The zero-order valence-electron chi connectivity index (χ0n) is 17.5. The van der Waals surface area contributed by atoms with Crippen LogP contribution >= 0.6 is 0 Å². The van der Waals surface area contributed by atoms with Crippen molar-refractivity contribution in [2.75, 3.05) is 25.5 Å². The van der Waals surface area contributed by atoms with Crippen molar-refractivity contribution in [1.29, 1.82) is 0 Å². The molecule has 1 aliphatic heterocycles. The van der Waals surface area contributed by atoms with Crippen LogP contribution in [-0.4, -0.2) is 50.3 Å². The molecule has 1 amide bonds. The van der Waals surface area contributed by atoms with E-state index in [1.807, 2.05) is 0 Å². The minimum absolute atomic E-state index is 0.141. The zero-order valence-corrected chi connectivity index (χ0v) is 17.5. The monoisotopic (exact) mass is 456 g/mol. The Morgan fingerprint density at radius 1 is 1.18 bits per heavy atom. The summed E-state index contributed by atoms with van der Waals surface area (Å²) in [7, 11) is 1.76. The number of nitrogen functional groups attached to an aromatic ring is 1. The van der Waals surface area contributed by atoms with Crippen molar-refractivity contribution in [3.63, 3.8) is 0 Å². The number of nitrogens with two attached hydrogens (primary N) is 1. The number of aryl methyl sites for hydroxylation is 1. The van der Waals surface area contributed by atoms with Crippen LogP contribution in [0.5, 0.6) is 0 Å². The Labute approximate surface area is 185 Å². The summed E-state index contributed by atoms with van der Waals surface area (Å²) in [5, 5.41) is 5.75. The third-order valence-electron chi connectivity index (χ3n) is 5.80. The van der Waals surface area contributed by atoms with Crippen molar-refractivity contribution < 1.29 is 22.7 Å². The molecule has 0 aliphatic carbocycles. The van der Waals surface area contributed by atoms with Gasteiger partial charge in [-0.15, -0.1) is 0 Å². The Morgan fingerprint density at radius 2 is 2.00 bits per heavy atom. The molecule has 5 rings (SSSR count). The van der Waals surface area contributed by atoms with Gasteiger partial charge in [0.15, 0.2) is 0 Å². The van der Waals surface area contributed by atoms with E-state index in [1.165, 1.54) is 6.07 Å². The SMILES string of the molecule is Cn1ncc2c3cc(C(=O)N4CCOC[C@H]4c4ccc(C(F)(F)F)cn4)ccc3nc(N)c21. The second kappa shape index (κ2) is 7.69. The summed E-state index contributed by atoms with van der Waals surface area (Å²) in [5.41, 5.74) is 7.27. The summed E-state index contributed by atoms with van der Waals surface area (Å²) in [6, 6.07) is 6.76. The number of rotatable bonds is 2. The molecule has 3 aromatic heterocycles. The van der Waals surface area contributed by atoms with Gasteiger partial charge in [-0.1, -0.05) is 0 Å². The van der Waals surface area contributed by atoms with Crippen molar-refractivity contribution in [2.24, 2.45) is 7.05 Å². The number of morpholine rings is 1. The molecule has 8 nitrogen and oxygen atoms in total. The van der Waals surface area contributed by atoms with E-state index in [1.54, 1.807) is 41.0 Å². The van der Waals surface area contributed by atoms with Gasteiger partial charge in [-0.2, -0.15) is 18.3 Å². The molecule has 170 valence electrons. The first-order valence-corrected chi connectivity index (χ1v) is 10.2. The lowest BCUT2D eigenvalue weighted by Gasteiger charge is -2.35. The number of halogens is 3. The average molecular weight is 456 g/mol. The molecule has 1 fully saturated rings. The second-order valence-corrected chi connectivity index (χ2v) is 7.82. The molecular weight excluding hydrogens is 437 g/mol. The maximum absolute atomic E-state index is 13.5. The molecule has 1 saturated heterocycles. The molecule has 1 aliphatic rings. The molecule has 1 aromatic carbocycles. The van der Waals surface area contributed by atoms with E-state index in [0.717, 1.165) is 23.0 Å². The number of hydrogen-bond donors (Lipinski definition) is 1. The topological polar surface area (TPSA) is 99.2 Å². The third kappa shape index (κ3) is 3.63. The van der Waals surface area contributed by atoms with Crippen molar-refractivity contribution in [1.82, 2.24) is 24.6 Å². The molecule has 0 saturated carbocycles. The molecule has 0 spiro atoms. The Balaban J connectivity index is 1.52. The van der Waals surface area contributed by atoms with Gasteiger partial charge < -0.3 is 15.4 Å². The first-order valence-electron chi connectivity index (χ1n) is 10.2. The van der Waals surface area contributed by atoms with Crippen LogP contribution in [0.15, 0.2) is 42.7 Å². The van der Waals surface area contributed by atoms with Gasteiger partial charge in [-0.3, -0.25) is 14.5 Å². The molecule has 0 bridgehead atoms. The zero-order chi connectivity index (χ0) is 23.3. The van der Waals surface area contributed by atoms with Crippen molar-refractivity contribution in [3.05, 3.63) is 59.5 Å². The van der Waals surface area contributed by atoms with Gasteiger partial charge in [0.05, 0.1) is 42.2 Å². The highest BCUT2D eigenvalue weighted by Gasteiger charge is 2.33. The number of fused-ring (bicyclic) bond motifs is 3. The molecular formula is C22H19F3N6O2. The van der Waals surface area contributed by atoms with Gasteiger partial charge in [0.25, 0.3) is 5.91 Å². The highest BCUT2D eigenvalue weighted by molar-refractivity contribution is 6.10. The minimum Gasteiger partial charge on any atom is -0.382 e. The molecule has 33 heavy (non-hydrogen) atoms. The number of ether oxygens (including phenoxy) is 1. The summed E-state index contributed by atoms with van der Waals surface area (Å²) in [6.45, 7) is 0.747. The molecule has 11 heteroatoms. The van der Waals surface area contributed by atoms with Crippen LogP contribution in [0.2, 0.25) is 0 Å². The molecule has 0 radical (unpaired) electrons.